The normalized spacial score (nSPS) is 10.2. The van der Waals surface area contributed by atoms with Gasteiger partial charge in [-0.15, -0.1) is 0 Å². The van der Waals surface area contributed by atoms with Crippen LogP contribution in [0.5, 0.6) is 0 Å². The average molecular weight is 390 g/mol. The molecule has 0 radical (unpaired) electrons. The predicted octanol–water partition coefficient (Wildman–Crippen LogP) is 4.37. The first-order chi connectivity index (χ1) is 12.5. The van der Waals surface area contributed by atoms with E-state index < -0.39 is 11.7 Å². The van der Waals surface area contributed by atoms with Crippen LogP contribution in [0.1, 0.15) is 10.6 Å². The maximum Gasteiger partial charge on any atom is 0.305 e. The zero-order valence-electron chi connectivity index (χ0n) is 13.3. The molecule has 0 fully saturated rings. The van der Waals surface area contributed by atoms with E-state index in [9.17, 15) is 9.18 Å². The maximum absolute atomic E-state index is 13.8. The minimum absolute atomic E-state index is 0.0186. The smallest absolute Gasteiger partial charge is 0.305 e. The highest BCUT2D eigenvalue weighted by molar-refractivity contribution is 7.80. The van der Waals surface area contributed by atoms with Gasteiger partial charge in [0.1, 0.15) is 11.6 Å². The van der Waals surface area contributed by atoms with E-state index in [1.807, 2.05) is 0 Å². The Balaban J connectivity index is 1.58. The molecule has 0 aliphatic heterocycles. The second kappa shape index (κ2) is 7.99. The molecule has 1 amide bonds. The molecule has 0 bridgehead atoms. The summed E-state index contributed by atoms with van der Waals surface area (Å²) in [6.45, 7) is 0. The molecule has 0 aliphatic carbocycles. The van der Waals surface area contributed by atoms with Crippen LogP contribution in [0.4, 0.5) is 10.1 Å². The first-order valence-corrected chi connectivity index (χ1v) is 8.29. The summed E-state index contributed by atoms with van der Waals surface area (Å²) in [5.41, 5.74) is 5.95. The van der Waals surface area contributed by atoms with Gasteiger partial charge in [0.15, 0.2) is 10.9 Å². The first-order valence-electron chi connectivity index (χ1n) is 7.50. The van der Waals surface area contributed by atoms with E-state index >= 15 is 0 Å². The van der Waals surface area contributed by atoms with Gasteiger partial charge < -0.3 is 9.73 Å². The molecule has 0 saturated carbocycles. The van der Waals surface area contributed by atoms with E-state index in [0.29, 0.717) is 10.7 Å². The van der Waals surface area contributed by atoms with E-state index in [4.69, 9.17) is 28.2 Å². The molecule has 3 aromatic rings. The number of benzene rings is 2. The van der Waals surface area contributed by atoms with Crippen molar-refractivity contribution in [3.63, 3.8) is 0 Å². The van der Waals surface area contributed by atoms with Crippen LogP contribution < -0.4 is 16.2 Å². The van der Waals surface area contributed by atoms with Crippen LogP contribution in [0.25, 0.3) is 11.3 Å². The summed E-state index contributed by atoms with van der Waals surface area (Å²) in [4.78, 5) is 12.1. The van der Waals surface area contributed by atoms with Crippen molar-refractivity contribution in [1.29, 1.82) is 0 Å². The molecular weight excluding hydrogens is 377 g/mol. The summed E-state index contributed by atoms with van der Waals surface area (Å²) in [5.74, 6) is -0.701. The number of carbonyl (C=O) groups excluding carboxylic acids is 1. The fraction of sp³-hybridized carbons (Fsp3) is 0. The summed E-state index contributed by atoms with van der Waals surface area (Å²) in [5, 5.41) is 3.67. The van der Waals surface area contributed by atoms with Crippen LogP contribution in [0.15, 0.2) is 65.1 Å². The minimum Gasteiger partial charge on any atom is -0.451 e. The number of rotatable bonds is 3. The molecule has 0 aliphatic rings. The van der Waals surface area contributed by atoms with Gasteiger partial charge in [-0.25, -0.2) is 4.39 Å². The minimum atomic E-state index is -0.548. The van der Waals surface area contributed by atoms with E-state index in [1.165, 1.54) is 18.2 Å². The molecule has 0 spiro atoms. The Labute approximate surface area is 159 Å². The Morgan fingerprint density at radius 1 is 1.00 bits per heavy atom. The molecule has 2 aromatic carbocycles. The van der Waals surface area contributed by atoms with Crippen molar-refractivity contribution in [3.05, 3.63) is 77.3 Å². The van der Waals surface area contributed by atoms with Gasteiger partial charge in [-0.1, -0.05) is 23.7 Å². The summed E-state index contributed by atoms with van der Waals surface area (Å²) < 4.78 is 19.2. The fourth-order valence-electron chi connectivity index (χ4n) is 2.14. The maximum atomic E-state index is 13.8. The van der Waals surface area contributed by atoms with E-state index in [2.05, 4.69) is 16.2 Å². The molecule has 0 atom stereocenters. The van der Waals surface area contributed by atoms with Gasteiger partial charge in [0.25, 0.3) is 0 Å². The molecular formula is C18H13ClFN3O2S. The van der Waals surface area contributed by atoms with Crippen LogP contribution in [0.3, 0.4) is 0 Å². The summed E-state index contributed by atoms with van der Waals surface area (Å²) in [6, 6.07) is 16.0. The van der Waals surface area contributed by atoms with Crippen LogP contribution in [0, 0.1) is 5.82 Å². The van der Waals surface area contributed by atoms with Crippen LogP contribution in [0.2, 0.25) is 5.02 Å². The molecule has 3 rings (SSSR count). The lowest BCUT2D eigenvalue weighted by Gasteiger charge is -2.10. The average Bonchev–Trinajstić information content (AvgIpc) is 3.12. The first kappa shape index (κ1) is 17.9. The predicted molar refractivity (Wildman–Crippen MR) is 102 cm³/mol. The second-order valence-corrected chi connectivity index (χ2v) is 6.03. The van der Waals surface area contributed by atoms with Crippen molar-refractivity contribution < 1.29 is 13.6 Å². The lowest BCUT2D eigenvalue weighted by Crippen LogP contribution is -2.43. The van der Waals surface area contributed by atoms with Crippen molar-refractivity contribution >= 4 is 40.5 Å². The lowest BCUT2D eigenvalue weighted by atomic mass is 10.1. The molecule has 3 N–H and O–H groups in total. The number of nitrogens with one attached hydrogen (secondary N) is 3. The van der Waals surface area contributed by atoms with Crippen molar-refractivity contribution in [1.82, 2.24) is 10.9 Å². The quantitative estimate of drug-likeness (QED) is 0.458. The van der Waals surface area contributed by atoms with Gasteiger partial charge in [-0.3, -0.25) is 15.6 Å². The number of hydrogen-bond donors (Lipinski definition) is 3. The van der Waals surface area contributed by atoms with Gasteiger partial charge in [-0.2, -0.15) is 0 Å². The highest BCUT2D eigenvalue weighted by Gasteiger charge is 2.14. The zero-order chi connectivity index (χ0) is 18.5. The van der Waals surface area contributed by atoms with Crippen LogP contribution in [-0.4, -0.2) is 11.0 Å². The number of hydrazine groups is 1. The third-order valence-electron chi connectivity index (χ3n) is 3.36. The molecule has 0 saturated heterocycles. The Kier molecular flexibility index (Phi) is 5.50. The van der Waals surface area contributed by atoms with Crippen molar-refractivity contribution in [3.8, 4) is 11.3 Å². The number of carbonyl (C=O) groups is 1. The van der Waals surface area contributed by atoms with Gasteiger partial charge in [-0.05, 0) is 60.7 Å². The number of halogens is 2. The molecule has 26 heavy (non-hydrogen) atoms. The molecule has 1 heterocycles. The third-order valence-corrected chi connectivity index (χ3v) is 3.82. The topological polar surface area (TPSA) is 66.3 Å². The van der Waals surface area contributed by atoms with E-state index in [1.54, 1.807) is 42.5 Å². The van der Waals surface area contributed by atoms with Crippen molar-refractivity contribution in [2.24, 2.45) is 0 Å². The molecule has 132 valence electrons. The highest BCUT2D eigenvalue weighted by Crippen LogP contribution is 2.24. The molecule has 1 aromatic heterocycles. The van der Waals surface area contributed by atoms with Crippen LogP contribution in [-0.2, 0) is 0 Å². The van der Waals surface area contributed by atoms with Crippen molar-refractivity contribution in [2.45, 2.75) is 0 Å². The molecule has 0 unspecified atom stereocenters. The highest BCUT2D eigenvalue weighted by atomic mass is 35.5. The van der Waals surface area contributed by atoms with Gasteiger partial charge in [0, 0.05) is 10.7 Å². The summed E-state index contributed by atoms with van der Waals surface area (Å²) in [6.07, 6.45) is 0. The van der Waals surface area contributed by atoms with E-state index in [0.717, 1.165) is 0 Å². The fourth-order valence-corrected chi connectivity index (χ4v) is 2.43. The number of furan rings is 1. The lowest BCUT2D eigenvalue weighted by molar-refractivity contribution is 0.0917. The van der Waals surface area contributed by atoms with Crippen molar-refractivity contribution in [2.75, 3.05) is 5.32 Å². The number of thiocarbonyl (C=S) groups is 1. The Morgan fingerprint density at radius 2 is 1.73 bits per heavy atom. The largest absolute Gasteiger partial charge is 0.451 e. The summed E-state index contributed by atoms with van der Waals surface area (Å²) >= 11 is 10.9. The van der Waals surface area contributed by atoms with Gasteiger partial charge >= 0.3 is 5.91 Å². The number of anilines is 1. The summed E-state index contributed by atoms with van der Waals surface area (Å²) in [7, 11) is 0. The van der Waals surface area contributed by atoms with Crippen LogP contribution >= 0.6 is 23.8 Å². The van der Waals surface area contributed by atoms with Gasteiger partial charge in [0.2, 0.25) is 0 Å². The number of hydrogen-bond acceptors (Lipinski definition) is 3. The molecule has 8 heteroatoms. The monoisotopic (exact) mass is 389 g/mol. The number of amides is 1. The standard InChI is InChI=1S/C18H13ClFN3O2S/c19-11-5-7-12(8-6-11)21-18(26)23-22-17(24)16-10-9-15(25-16)13-3-1-2-4-14(13)20/h1-10H,(H,22,24)(H2,21,23,26). The Hall–Kier alpha value is -2.90. The Bertz CT molecular complexity index is 944. The third kappa shape index (κ3) is 4.38. The van der Waals surface area contributed by atoms with Gasteiger partial charge in [0.05, 0.1) is 5.56 Å². The molecule has 5 nitrogen and oxygen atoms in total. The Morgan fingerprint density at radius 3 is 2.46 bits per heavy atom. The SMILES string of the molecule is O=C(NNC(=S)Nc1ccc(Cl)cc1)c1ccc(-c2ccccc2F)o1. The second-order valence-electron chi connectivity index (χ2n) is 5.18. The zero-order valence-corrected chi connectivity index (χ0v) is 14.8. The van der Waals surface area contributed by atoms with E-state index in [-0.39, 0.29) is 22.2 Å².